The van der Waals surface area contributed by atoms with Gasteiger partial charge in [-0.25, -0.2) is 4.79 Å². The van der Waals surface area contributed by atoms with Crippen LogP contribution in [0.2, 0.25) is 0 Å². The molecule has 0 spiro atoms. The summed E-state index contributed by atoms with van der Waals surface area (Å²) in [5.41, 5.74) is -7.08. The van der Waals surface area contributed by atoms with Crippen molar-refractivity contribution in [3.05, 3.63) is 23.3 Å². The summed E-state index contributed by atoms with van der Waals surface area (Å²) in [6, 6.07) is 0. The van der Waals surface area contributed by atoms with E-state index in [1.807, 2.05) is 6.92 Å². The zero-order valence-electron chi connectivity index (χ0n) is 35.2. The molecular formula is C47H73NO9. The first-order valence-corrected chi connectivity index (χ1v) is 23.0. The number of hydrogen-bond acceptors (Lipinski definition) is 10. The fraction of sp³-hybridized carbons (Fsp3) is 0.872. The van der Waals surface area contributed by atoms with Crippen LogP contribution in [-0.4, -0.2) is 100 Å². The van der Waals surface area contributed by atoms with Crippen LogP contribution in [0.4, 0.5) is 0 Å². The van der Waals surface area contributed by atoms with Crippen LogP contribution < -0.4 is 5.32 Å². The molecule has 10 heteroatoms. The van der Waals surface area contributed by atoms with Gasteiger partial charge in [0, 0.05) is 49.0 Å². The third-order valence-electron chi connectivity index (χ3n) is 18.9. The molecule has 15 atom stereocenters. The third-order valence-corrected chi connectivity index (χ3v) is 18.9. The van der Waals surface area contributed by atoms with Crippen molar-refractivity contribution in [1.82, 2.24) is 5.32 Å². The maximum absolute atomic E-state index is 14.3. The Balaban J connectivity index is 1.24. The van der Waals surface area contributed by atoms with Crippen molar-refractivity contribution in [2.45, 2.75) is 159 Å². The number of esters is 1. The van der Waals surface area contributed by atoms with Crippen LogP contribution in [0.3, 0.4) is 0 Å². The Kier molecular flexibility index (Phi) is 11.3. The maximum atomic E-state index is 14.3. The van der Waals surface area contributed by atoms with E-state index in [2.05, 4.69) is 25.2 Å². The molecule has 0 aromatic heterocycles. The van der Waals surface area contributed by atoms with Gasteiger partial charge in [-0.05, 0) is 117 Å². The first-order chi connectivity index (χ1) is 27.3. The van der Waals surface area contributed by atoms with Gasteiger partial charge in [-0.15, -0.1) is 0 Å². The molecule has 7 aliphatic carbocycles. The van der Waals surface area contributed by atoms with E-state index in [1.165, 1.54) is 31.8 Å². The molecule has 6 saturated carbocycles. The van der Waals surface area contributed by atoms with Gasteiger partial charge in [0.2, 0.25) is 0 Å². The Morgan fingerprint density at radius 1 is 1.04 bits per heavy atom. The lowest BCUT2D eigenvalue weighted by Crippen LogP contribution is -2.81. The van der Waals surface area contributed by atoms with Crippen molar-refractivity contribution in [3.8, 4) is 0 Å². The molecule has 0 aromatic rings. The standard InChI is InChI=1S/C47H73NO9/c1-5-6-7-13-32-23-43(27-49)38-16-17-42(3)44(28-50)34(21-33(26-48-18-10-19-56-4)41-37(44)22-39(51)57-41)25-46(42,54)45(38,53)24-35-20-31(29(2)30-11-8-9-12-30)14-15-36(40(32)52)47(35,43)55/h21-22,27,29-32,34-36,38,40-41,48,50,52-55H,5-20,23-26,28H2,1-4H3. The molecule has 57 heavy (non-hydrogen) atoms. The van der Waals surface area contributed by atoms with Crippen molar-refractivity contribution in [1.29, 1.82) is 0 Å². The molecular weight excluding hydrogens is 723 g/mol. The fourth-order valence-electron chi connectivity index (χ4n) is 16.1. The summed E-state index contributed by atoms with van der Waals surface area (Å²) < 4.78 is 11.2. The van der Waals surface area contributed by atoms with Crippen molar-refractivity contribution >= 4 is 12.3 Å². The van der Waals surface area contributed by atoms with Crippen molar-refractivity contribution in [2.24, 2.45) is 63.6 Å². The summed E-state index contributed by atoms with van der Waals surface area (Å²) in [7, 11) is 1.67. The summed E-state index contributed by atoms with van der Waals surface area (Å²) in [4.78, 5) is 27.5. The summed E-state index contributed by atoms with van der Waals surface area (Å²) in [6.45, 7) is 7.97. The van der Waals surface area contributed by atoms with E-state index in [4.69, 9.17) is 9.47 Å². The van der Waals surface area contributed by atoms with Crippen LogP contribution >= 0.6 is 0 Å². The smallest absolute Gasteiger partial charge is 0.331 e. The minimum Gasteiger partial charge on any atom is -0.450 e. The highest BCUT2D eigenvalue weighted by Gasteiger charge is 2.85. The summed E-state index contributed by atoms with van der Waals surface area (Å²) in [5.74, 6) is -1.56. The number of aliphatic hydroxyl groups excluding tert-OH is 2. The Labute approximate surface area is 340 Å². The number of rotatable bonds is 14. The van der Waals surface area contributed by atoms with Gasteiger partial charge in [0.25, 0.3) is 0 Å². The number of unbranched alkanes of at least 4 members (excludes halogenated alkanes) is 2. The highest BCUT2D eigenvalue weighted by molar-refractivity contribution is 5.87. The predicted molar refractivity (Wildman–Crippen MR) is 216 cm³/mol. The second-order valence-corrected chi connectivity index (χ2v) is 20.7. The van der Waals surface area contributed by atoms with Crippen molar-refractivity contribution in [3.63, 3.8) is 0 Å². The quantitative estimate of drug-likeness (QED) is 0.0579. The average molecular weight is 796 g/mol. The van der Waals surface area contributed by atoms with Crippen LogP contribution in [0.5, 0.6) is 0 Å². The first-order valence-electron chi connectivity index (χ1n) is 23.0. The van der Waals surface area contributed by atoms with Crippen LogP contribution in [0.25, 0.3) is 0 Å². The molecule has 0 radical (unpaired) electrons. The Morgan fingerprint density at radius 2 is 1.81 bits per heavy atom. The number of fused-ring (bicyclic) bond motifs is 8. The number of ether oxygens (including phenoxy) is 2. The van der Waals surface area contributed by atoms with Crippen molar-refractivity contribution < 1.29 is 44.6 Å². The average Bonchev–Trinajstić information content (AvgIpc) is 3.89. The summed E-state index contributed by atoms with van der Waals surface area (Å²) in [6.07, 6.45) is 16.1. The Bertz CT molecular complexity index is 1590. The number of aliphatic hydroxyl groups is 5. The van der Waals surface area contributed by atoms with E-state index in [-0.39, 0.29) is 37.7 Å². The number of methoxy groups -OCH3 is 1. The largest absolute Gasteiger partial charge is 0.450 e. The van der Waals surface area contributed by atoms with Gasteiger partial charge in [0.15, 0.2) is 0 Å². The lowest BCUT2D eigenvalue weighted by molar-refractivity contribution is -0.350. The molecule has 0 saturated heterocycles. The Hall–Kier alpha value is -1.66. The van der Waals surface area contributed by atoms with Gasteiger partial charge in [-0.3, -0.25) is 0 Å². The molecule has 8 rings (SSSR count). The normalized spacial score (nSPS) is 48.1. The maximum Gasteiger partial charge on any atom is 0.331 e. The number of carbonyl (C=O) groups is 2. The minimum atomic E-state index is -1.78. The zero-order chi connectivity index (χ0) is 40.6. The summed E-state index contributed by atoms with van der Waals surface area (Å²) in [5, 5.41) is 69.0. The SMILES string of the molecule is CCCCCC1CC2(C=O)C3CCC4(C)C5(CO)C6=CC(=O)OC6C(CNCCCOC)=CC5CC4(O)C3(O)CC3CC(C(C)C4CCCC4)CCC(C1O)C32O. The zero-order valence-corrected chi connectivity index (χ0v) is 35.2. The lowest BCUT2D eigenvalue weighted by atomic mass is 9.34. The number of carbonyl (C=O) groups excluding carboxylic acids is 2. The van der Waals surface area contributed by atoms with E-state index in [1.54, 1.807) is 7.11 Å². The van der Waals surface area contributed by atoms with Crippen LogP contribution in [0.1, 0.15) is 130 Å². The highest BCUT2D eigenvalue weighted by Crippen LogP contribution is 2.79. The fourth-order valence-corrected chi connectivity index (χ4v) is 16.1. The molecule has 0 bridgehead atoms. The van der Waals surface area contributed by atoms with E-state index in [0.29, 0.717) is 62.8 Å². The van der Waals surface area contributed by atoms with E-state index in [0.717, 1.165) is 50.4 Å². The van der Waals surface area contributed by atoms with Crippen LogP contribution in [-0.2, 0) is 19.1 Å². The summed E-state index contributed by atoms with van der Waals surface area (Å²) >= 11 is 0. The highest BCUT2D eigenvalue weighted by atomic mass is 16.5. The molecule has 0 aromatic carbocycles. The first kappa shape index (κ1) is 42.0. The van der Waals surface area contributed by atoms with Gasteiger partial charge in [0.05, 0.1) is 29.3 Å². The van der Waals surface area contributed by atoms with Crippen LogP contribution in [0, 0.1) is 63.6 Å². The van der Waals surface area contributed by atoms with E-state index < -0.39 is 74.9 Å². The van der Waals surface area contributed by atoms with Crippen LogP contribution in [0.15, 0.2) is 23.3 Å². The molecule has 8 aliphatic rings. The molecule has 0 amide bonds. The van der Waals surface area contributed by atoms with Gasteiger partial charge in [0.1, 0.15) is 18.0 Å². The lowest BCUT2D eigenvalue weighted by Gasteiger charge is -2.72. The molecule has 320 valence electrons. The third kappa shape index (κ3) is 5.72. The van der Waals surface area contributed by atoms with Gasteiger partial charge in [-0.2, -0.15) is 0 Å². The van der Waals surface area contributed by atoms with Gasteiger partial charge >= 0.3 is 5.97 Å². The molecule has 6 N–H and O–H groups in total. The van der Waals surface area contributed by atoms with Gasteiger partial charge in [-0.1, -0.05) is 71.8 Å². The molecule has 6 fully saturated rings. The molecule has 15 unspecified atom stereocenters. The number of aldehydes is 1. The number of allylic oxidation sites excluding steroid dienone is 1. The van der Waals surface area contributed by atoms with E-state index >= 15 is 0 Å². The minimum absolute atomic E-state index is 0.122. The Morgan fingerprint density at radius 3 is 2.51 bits per heavy atom. The van der Waals surface area contributed by atoms with Gasteiger partial charge < -0.3 is 45.1 Å². The number of nitrogens with one attached hydrogen (secondary N) is 1. The monoisotopic (exact) mass is 796 g/mol. The molecule has 1 heterocycles. The van der Waals surface area contributed by atoms with Crippen molar-refractivity contribution in [2.75, 3.05) is 33.4 Å². The predicted octanol–water partition coefficient (Wildman–Crippen LogP) is 5.42. The second-order valence-electron chi connectivity index (χ2n) is 20.7. The molecule has 10 nitrogen and oxygen atoms in total. The molecule has 1 aliphatic heterocycles. The number of hydrogen-bond donors (Lipinski definition) is 6. The second kappa shape index (κ2) is 15.4. The van der Waals surface area contributed by atoms with E-state index in [9.17, 15) is 35.1 Å². The topological polar surface area (TPSA) is 166 Å².